The van der Waals surface area contributed by atoms with E-state index >= 15 is 0 Å². The lowest BCUT2D eigenvalue weighted by molar-refractivity contribution is 0.483. The molecule has 2 aromatic rings. The van der Waals surface area contributed by atoms with E-state index in [9.17, 15) is 25.3 Å². The largest absolute Gasteiger partial charge is 0.870 e. The Balaban J connectivity index is 0.00000420. The number of rotatable bonds is 8. The molecular weight excluding hydrogens is 547 g/mol. The minimum atomic E-state index is -5.38. The zero-order chi connectivity index (χ0) is 27.8. The van der Waals surface area contributed by atoms with Crippen LogP contribution in [0.3, 0.4) is 0 Å². The maximum atomic E-state index is 14.6. The van der Waals surface area contributed by atoms with Crippen LogP contribution in [0.4, 0.5) is 9.57 Å². The molecule has 0 spiro atoms. The van der Waals surface area contributed by atoms with Crippen molar-refractivity contribution in [2.75, 3.05) is 31.1 Å². The molecule has 1 aliphatic carbocycles. The Morgan fingerprint density at radius 2 is 1.51 bits per heavy atom. The second kappa shape index (κ2) is 11.4. The summed E-state index contributed by atoms with van der Waals surface area (Å²) in [4.78, 5) is 0.546. The SMILES string of the molecule is CCN(CC)c1ccc2c(-c3ccc(S(=O)(=O)O)cc3S(=O)(=O)F)c3ccc(=[N+](CC)CC)cc-3oc2c1.[OH-]. The van der Waals surface area contributed by atoms with Crippen molar-refractivity contribution in [2.45, 2.75) is 37.5 Å². The van der Waals surface area contributed by atoms with Crippen LogP contribution in [0.1, 0.15) is 27.7 Å². The topological polar surface area (TPSA) is 138 Å². The van der Waals surface area contributed by atoms with Gasteiger partial charge in [0, 0.05) is 53.0 Å². The molecule has 0 radical (unpaired) electrons. The van der Waals surface area contributed by atoms with Crippen LogP contribution in [-0.2, 0) is 20.3 Å². The zero-order valence-corrected chi connectivity index (χ0v) is 23.7. The Kier molecular flexibility index (Phi) is 8.85. The molecule has 2 aromatic carbocycles. The molecule has 12 heteroatoms. The van der Waals surface area contributed by atoms with Crippen LogP contribution in [0.15, 0.2) is 68.8 Å². The highest BCUT2D eigenvalue weighted by Crippen LogP contribution is 2.43. The van der Waals surface area contributed by atoms with Gasteiger partial charge in [-0.15, -0.1) is 3.89 Å². The van der Waals surface area contributed by atoms with Crippen LogP contribution in [0.5, 0.6) is 0 Å². The summed E-state index contributed by atoms with van der Waals surface area (Å²) in [7, 11) is -10.2. The number of halogens is 1. The first-order chi connectivity index (χ1) is 17.9. The minimum Gasteiger partial charge on any atom is -0.870 e. The molecular formula is C27H31FN2O7S2. The number of hydrogen-bond donors (Lipinski definition) is 1. The molecule has 0 bridgehead atoms. The van der Waals surface area contributed by atoms with Crippen molar-refractivity contribution in [2.24, 2.45) is 0 Å². The predicted octanol–water partition coefficient (Wildman–Crippen LogP) is 4.59. The van der Waals surface area contributed by atoms with E-state index in [2.05, 4.69) is 9.48 Å². The van der Waals surface area contributed by atoms with Gasteiger partial charge in [-0.25, -0.2) is 4.58 Å². The van der Waals surface area contributed by atoms with Crippen molar-refractivity contribution in [1.82, 2.24) is 4.58 Å². The average molecular weight is 579 g/mol. The van der Waals surface area contributed by atoms with Gasteiger partial charge in [-0.3, -0.25) is 4.55 Å². The third kappa shape index (κ3) is 5.83. The standard InChI is InChI=1S/C27H29FN2O6S2.H2O/c1-5-29(6-2)18-9-12-21-24(15-18)36-25-16-19(30(7-3)8-4)10-13-22(25)27(21)23-14-11-20(38(33,34)35)17-26(23)37(28,31)32;/h9-17H,5-8H2,1-4H3;1H2. The fourth-order valence-electron chi connectivity index (χ4n) is 4.80. The summed E-state index contributed by atoms with van der Waals surface area (Å²) in [5.41, 5.74) is 2.20. The zero-order valence-electron chi connectivity index (χ0n) is 22.0. The Morgan fingerprint density at radius 1 is 0.872 bits per heavy atom. The average Bonchev–Trinajstić information content (AvgIpc) is 2.87. The van der Waals surface area contributed by atoms with Crippen molar-refractivity contribution >= 4 is 37.0 Å². The van der Waals surface area contributed by atoms with Crippen molar-refractivity contribution in [3.05, 3.63) is 60.0 Å². The summed E-state index contributed by atoms with van der Waals surface area (Å²) in [6.45, 7) is 11.2. The predicted molar refractivity (Wildman–Crippen MR) is 148 cm³/mol. The van der Waals surface area contributed by atoms with Crippen LogP contribution in [0.25, 0.3) is 33.4 Å². The van der Waals surface area contributed by atoms with E-state index in [1.807, 2.05) is 52.0 Å². The van der Waals surface area contributed by atoms with Gasteiger partial charge in [-0.2, -0.15) is 16.8 Å². The van der Waals surface area contributed by atoms with Gasteiger partial charge in [0.05, 0.1) is 11.0 Å². The Bertz CT molecular complexity index is 1770. The first kappa shape index (κ1) is 30.2. The second-order valence-electron chi connectivity index (χ2n) is 8.75. The number of fused-ring (bicyclic) bond motifs is 2. The molecule has 0 saturated carbocycles. The molecule has 2 aliphatic rings. The lowest BCUT2D eigenvalue weighted by Gasteiger charge is -2.22. The highest BCUT2D eigenvalue weighted by molar-refractivity contribution is 7.87. The Hall–Kier alpha value is -3.32. The maximum Gasteiger partial charge on any atom is 0.332 e. The van der Waals surface area contributed by atoms with E-state index in [1.165, 1.54) is 6.07 Å². The van der Waals surface area contributed by atoms with Crippen LogP contribution in [0, 0.1) is 0 Å². The Labute approximate surface area is 227 Å². The highest BCUT2D eigenvalue weighted by Gasteiger charge is 2.27. The summed E-state index contributed by atoms with van der Waals surface area (Å²) < 4.78 is 80.5. The minimum absolute atomic E-state index is 0. The molecule has 9 nitrogen and oxygen atoms in total. The molecule has 0 aromatic heterocycles. The number of anilines is 1. The van der Waals surface area contributed by atoms with Crippen molar-refractivity contribution < 1.29 is 35.2 Å². The van der Waals surface area contributed by atoms with Gasteiger partial charge in [-0.1, -0.05) is 6.07 Å². The molecule has 1 aliphatic heterocycles. The normalized spacial score (nSPS) is 11.9. The fourth-order valence-corrected chi connectivity index (χ4v) is 6.08. The van der Waals surface area contributed by atoms with Crippen LogP contribution < -0.4 is 14.8 Å². The number of benzene rings is 3. The molecule has 2 N–H and O–H groups in total. The molecule has 210 valence electrons. The summed E-state index contributed by atoms with van der Waals surface area (Å²) in [5, 5.41) is 1.42. The van der Waals surface area contributed by atoms with Crippen molar-refractivity contribution in [3.8, 4) is 22.5 Å². The lowest BCUT2D eigenvalue weighted by atomic mass is 9.93. The van der Waals surface area contributed by atoms with Gasteiger partial charge in [0.1, 0.15) is 29.3 Å². The van der Waals surface area contributed by atoms with Gasteiger partial charge in [0.2, 0.25) is 5.36 Å². The van der Waals surface area contributed by atoms with Gasteiger partial charge in [-0.05, 0) is 58.0 Å². The van der Waals surface area contributed by atoms with Gasteiger partial charge in [0.15, 0.2) is 0 Å². The molecule has 0 unspecified atom stereocenters. The van der Waals surface area contributed by atoms with E-state index in [0.717, 1.165) is 43.3 Å². The van der Waals surface area contributed by atoms with Gasteiger partial charge < -0.3 is 14.8 Å². The second-order valence-corrected chi connectivity index (χ2v) is 11.5. The molecule has 1 heterocycles. The molecule has 4 rings (SSSR count). The van der Waals surface area contributed by atoms with E-state index < -0.39 is 30.1 Å². The summed E-state index contributed by atoms with van der Waals surface area (Å²) >= 11 is 0. The number of nitrogens with zero attached hydrogens (tertiary/aromatic N) is 2. The molecule has 0 saturated heterocycles. The van der Waals surface area contributed by atoms with Crippen molar-refractivity contribution in [3.63, 3.8) is 0 Å². The quantitative estimate of drug-likeness (QED) is 0.139. The monoisotopic (exact) mass is 578 g/mol. The van der Waals surface area contributed by atoms with E-state index in [0.29, 0.717) is 33.9 Å². The first-order valence-electron chi connectivity index (χ1n) is 12.3. The highest BCUT2D eigenvalue weighted by atomic mass is 32.3. The summed E-state index contributed by atoms with van der Waals surface area (Å²) in [6.07, 6.45) is 0. The van der Waals surface area contributed by atoms with E-state index in [-0.39, 0.29) is 11.0 Å². The van der Waals surface area contributed by atoms with E-state index in [1.54, 1.807) is 12.1 Å². The Morgan fingerprint density at radius 3 is 2.08 bits per heavy atom. The lowest BCUT2D eigenvalue weighted by Crippen LogP contribution is -2.29. The molecule has 0 amide bonds. The smallest absolute Gasteiger partial charge is 0.332 e. The fraction of sp³-hybridized carbons (Fsp3) is 0.296. The molecule has 0 fully saturated rings. The van der Waals surface area contributed by atoms with Crippen LogP contribution in [0.2, 0.25) is 0 Å². The third-order valence-electron chi connectivity index (χ3n) is 6.73. The van der Waals surface area contributed by atoms with E-state index in [4.69, 9.17) is 4.42 Å². The maximum absolute atomic E-state index is 14.6. The van der Waals surface area contributed by atoms with Crippen LogP contribution in [-0.4, -0.2) is 53.0 Å². The van der Waals surface area contributed by atoms with Crippen molar-refractivity contribution in [1.29, 1.82) is 0 Å². The summed E-state index contributed by atoms with van der Waals surface area (Å²) in [5.74, 6) is 0.453. The first-order valence-corrected chi connectivity index (χ1v) is 15.1. The molecule has 0 atom stereocenters. The summed E-state index contributed by atoms with van der Waals surface area (Å²) in [6, 6.07) is 13.9. The number of hydrogen-bond acceptors (Lipinski definition) is 7. The van der Waals surface area contributed by atoms with Crippen LogP contribution >= 0.6 is 0 Å². The third-order valence-corrected chi connectivity index (χ3v) is 8.44. The van der Waals surface area contributed by atoms with Gasteiger partial charge in [0.25, 0.3) is 10.1 Å². The van der Waals surface area contributed by atoms with Gasteiger partial charge >= 0.3 is 10.2 Å². The molecule has 39 heavy (non-hydrogen) atoms.